The molecule has 0 aromatic heterocycles. The van der Waals surface area contributed by atoms with Crippen LogP contribution in [0.3, 0.4) is 0 Å². The van der Waals surface area contributed by atoms with E-state index < -0.39 is 24.2 Å². The van der Waals surface area contributed by atoms with Gasteiger partial charge in [0.1, 0.15) is 0 Å². The number of hydrogen-bond donors (Lipinski definition) is 2. The van der Waals surface area contributed by atoms with Crippen molar-refractivity contribution in [2.24, 2.45) is 0 Å². The van der Waals surface area contributed by atoms with Crippen LogP contribution in [0, 0.1) is 0 Å². The first-order valence-corrected chi connectivity index (χ1v) is 4.93. The summed E-state index contributed by atoms with van der Waals surface area (Å²) < 4.78 is 35.9. The smallest absolute Gasteiger partial charge is 0.386 e. The lowest BCUT2D eigenvalue weighted by molar-refractivity contribution is -0.175. The number of hydrogen-bond acceptors (Lipinski definition) is 2. The highest BCUT2D eigenvalue weighted by molar-refractivity contribution is 5.81. The number of carbonyl (C=O) groups is 1. The number of alkyl halides is 3. The Morgan fingerprint density at radius 1 is 1.29 bits per heavy atom. The summed E-state index contributed by atoms with van der Waals surface area (Å²) in [4.78, 5) is 10.7. The molecule has 0 spiro atoms. The standard InChI is InChI=1S/C11H12F3NO2/c1-7(15-10(17)11(12,13)14)9(16)8-5-3-2-4-6-8/h2-7,9,16H,1H3,(H,15,17)/t7?,9-/m0/s1. The molecule has 17 heavy (non-hydrogen) atoms. The second-order valence-electron chi connectivity index (χ2n) is 3.62. The molecule has 0 radical (unpaired) electrons. The minimum absolute atomic E-state index is 0.447. The normalized spacial score (nSPS) is 15.1. The first kappa shape index (κ1) is 13.5. The number of nitrogens with one attached hydrogen (secondary N) is 1. The van der Waals surface area contributed by atoms with Crippen LogP contribution in [0.4, 0.5) is 13.2 Å². The van der Waals surface area contributed by atoms with Gasteiger partial charge in [0, 0.05) is 0 Å². The fourth-order valence-corrected chi connectivity index (χ4v) is 1.31. The van der Waals surface area contributed by atoms with E-state index in [0.29, 0.717) is 5.56 Å². The first-order valence-electron chi connectivity index (χ1n) is 4.93. The molecule has 1 aromatic carbocycles. The van der Waals surface area contributed by atoms with Gasteiger partial charge in [-0.05, 0) is 12.5 Å². The molecule has 1 aromatic rings. The zero-order chi connectivity index (χ0) is 13.1. The van der Waals surface area contributed by atoms with Gasteiger partial charge in [-0.15, -0.1) is 0 Å². The van der Waals surface area contributed by atoms with E-state index >= 15 is 0 Å². The van der Waals surface area contributed by atoms with Crippen molar-refractivity contribution in [3.8, 4) is 0 Å². The van der Waals surface area contributed by atoms with Gasteiger partial charge in [-0.25, -0.2) is 0 Å². The van der Waals surface area contributed by atoms with E-state index in [1.807, 2.05) is 0 Å². The zero-order valence-electron chi connectivity index (χ0n) is 9.03. The molecule has 1 rings (SSSR count). The van der Waals surface area contributed by atoms with E-state index in [2.05, 4.69) is 0 Å². The molecule has 0 fully saturated rings. The van der Waals surface area contributed by atoms with Crippen LogP contribution in [-0.2, 0) is 4.79 Å². The van der Waals surface area contributed by atoms with Gasteiger partial charge >= 0.3 is 12.1 Å². The van der Waals surface area contributed by atoms with Gasteiger partial charge in [-0.1, -0.05) is 30.3 Å². The minimum atomic E-state index is -4.94. The van der Waals surface area contributed by atoms with Crippen molar-refractivity contribution in [2.75, 3.05) is 0 Å². The van der Waals surface area contributed by atoms with Gasteiger partial charge in [-0.3, -0.25) is 4.79 Å². The average molecular weight is 247 g/mol. The Morgan fingerprint density at radius 3 is 2.29 bits per heavy atom. The van der Waals surface area contributed by atoms with Crippen molar-refractivity contribution in [2.45, 2.75) is 25.2 Å². The lowest BCUT2D eigenvalue weighted by Crippen LogP contribution is -2.44. The molecule has 3 nitrogen and oxygen atoms in total. The minimum Gasteiger partial charge on any atom is -0.386 e. The lowest BCUT2D eigenvalue weighted by Gasteiger charge is -2.21. The van der Waals surface area contributed by atoms with Gasteiger partial charge in [0.2, 0.25) is 0 Å². The summed E-state index contributed by atoms with van der Waals surface area (Å²) in [6, 6.07) is 7.14. The predicted octanol–water partition coefficient (Wildman–Crippen LogP) is 1.79. The second kappa shape index (κ2) is 5.18. The van der Waals surface area contributed by atoms with Crippen LogP contribution < -0.4 is 5.32 Å². The van der Waals surface area contributed by atoms with Crippen molar-refractivity contribution >= 4 is 5.91 Å². The van der Waals surface area contributed by atoms with Crippen LogP contribution in [0.25, 0.3) is 0 Å². The van der Waals surface area contributed by atoms with E-state index in [1.165, 1.54) is 6.92 Å². The molecule has 6 heteroatoms. The zero-order valence-corrected chi connectivity index (χ0v) is 9.03. The molecule has 0 aliphatic heterocycles. The molecule has 0 bridgehead atoms. The van der Waals surface area contributed by atoms with Crippen LogP contribution in [0.1, 0.15) is 18.6 Å². The van der Waals surface area contributed by atoms with Crippen molar-refractivity contribution in [3.63, 3.8) is 0 Å². The molecular formula is C11H12F3NO2. The van der Waals surface area contributed by atoms with E-state index in [0.717, 1.165) is 0 Å². The van der Waals surface area contributed by atoms with Gasteiger partial charge < -0.3 is 10.4 Å². The Kier molecular flexibility index (Phi) is 4.11. The monoisotopic (exact) mass is 247 g/mol. The van der Waals surface area contributed by atoms with Crippen molar-refractivity contribution in [1.82, 2.24) is 5.32 Å². The molecule has 0 aliphatic rings. The van der Waals surface area contributed by atoms with Crippen LogP contribution >= 0.6 is 0 Å². The van der Waals surface area contributed by atoms with E-state index in [4.69, 9.17) is 0 Å². The maximum Gasteiger partial charge on any atom is 0.471 e. The molecule has 2 atom stereocenters. The van der Waals surface area contributed by atoms with Crippen LogP contribution in [-0.4, -0.2) is 23.2 Å². The van der Waals surface area contributed by atoms with E-state index in [1.54, 1.807) is 35.6 Å². The van der Waals surface area contributed by atoms with Crippen molar-refractivity contribution < 1.29 is 23.1 Å². The Bertz CT molecular complexity index is 378. The third kappa shape index (κ3) is 3.74. The van der Waals surface area contributed by atoms with Gasteiger partial charge in [0.15, 0.2) is 0 Å². The molecule has 2 N–H and O–H groups in total. The fraction of sp³-hybridized carbons (Fsp3) is 0.364. The number of halogens is 3. The summed E-state index contributed by atoms with van der Waals surface area (Å²) in [5, 5.41) is 11.4. The molecule has 94 valence electrons. The maximum absolute atomic E-state index is 12.0. The summed E-state index contributed by atoms with van der Waals surface area (Å²) in [6.45, 7) is 1.31. The third-order valence-corrected chi connectivity index (χ3v) is 2.23. The van der Waals surface area contributed by atoms with Crippen LogP contribution in [0.15, 0.2) is 30.3 Å². The van der Waals surface area contributed by atoms with E-state index in [9.17, 15) is 23.1 Å². The molecule has 0 aliphatic carbocycles. The summed E-state index contributed by atoms with van der Waals surface area (Å²) >= 11 is 0. The Hall–Kier alpha value is -1.56. The summed E-state index contributed by atoms with van der Waals surface area (Å²) in [5.74, 6) is -2.06. The Labute approximate surface area is 96.3 Å². The molecule has 0 heterocycles. The quantitative estimate of drug-likeness (QED) is 0.855. The number of amides is 1. The number of rotatable bonds is 3. The van der Waals surface area contributed by atoms with E-state index in [-0.39, 0.29) is 0 Å². The first-order chi connectivity index (χ1) is 7.82. The number of aliphatic hydroxyl groups is 1. The average Bonchev–Trinajstić information content (AvgIpc) is 2.27. The van der Waals surface area contributed by atoms with Gasteiger partial charge in [0.25, 0.3) is 0 Å². The predicted molar refractivity (Wildman–Crippen MR) is 55.1 cm³/mol. The van der Waals surface area contributed by atoms with Crippen molar-refractivity contribution in [1.29, 1.82) is 0 Å². The van der Waals surface area contributed by atoms with Crippen LogP contribution in [0.2, 0.25) is 0 Å². The van der Waals surface area contributed by atoms with Gasteiger partial charge in [-0.2, -0.15) is 13.2 Å². The number of carbonyl (C=O) groups excluding carboxylic acids is 1. The molecule has 1 unspecified atom stereocenters. The molecule has 1 amide bonds. The van der Waals surface area contributed by atoms with Gasteiger partial charge in [0.05, 0.1) is 12.1 Å². The maximum atomic E-state index is 12.0. The largest absolute Gasteiger partial charge is 0.471 e. The highest BCUT2D eigenvalue weighted by Gasteiger charge is 2.39. The second-order valence-corrected chi connectivity index (χ2v) is 3.62. The SMILES string of the molecule is CC(NC(=O)C(F)(F)F)[C@H](O)c1ccccc1. The summed E-state index contributed by atoms with van der Waals surface area (Å²) in [5.41, 5.74) is 0.447. The Balaban J connectivity index is 2.66. The Morgan fingerprint density at radius 2 is 1.82 bits per heavy atom. The fourth-order valence-electron chi connectivity index (χ4n) is 1.31. The highest BCUT2D eigenvalue weighted by Crippen LogP contribution is 2.19. The molecule has 0 saturated carbocycles. The number of aliphatic hydroxyl groups excluding tert-OH is 1. The summed E-state index contributed by atoms with van der Waals surface area (Å²) in [7, 11) is 0. The topological polar surface area (TPSA) is 49.3 Å². The third-order valence-electron chi connectivity index (χ3n) is 2.23. The molecule has 0 saturated heterocycles. The van der Waals surface area contributed by atoms with Crippen LogP contribution in [0.5, 0.6) is 0 Å². The highest BCUT2D eigenvalue weighted by atomic mass is 19.4. The summed E-state index contributed by atoms with van der Waals surface area (Å²) in [6.07, 6.45) is -6.12. The lowest BCUT2D eigenvalue weighted by atomic mass is 10.0. The van der Waals surface area contributed by atoms with Crippen molar-refractivity contribution in [3.05, 3.63) is 35.9 Å². The molecular weight excluding hydrogens is 235 g/mol. The number of benzene rings is 1.